The third-order valence-electron chi connectivity index (χ3n) is 6.75. The lowest BCUT2D eigenvalue weighted by atomic mass is 9.92. The number of nitriles is 1. The maximum atomic E-state index is 13.7. The minimum Gasteiger partial charge on any atom is -0.357 e. The number of rotatable bonds is 8. The van der Waals surface area contributed by atoms with E-state index in [9.17, 15) is 28.0 Å². The molecule has 2 amide bonds. The van der Waals surface area contributed by atoms with Crippen LogP contribution in [-0.2, 0) is 4.79 Å². The number of nitrogens with zero attached hydrogens (tertiary/aromatic N) is 5. The molecule has 0 bridgehead atoms. The van der Waals surface area contributed by atoms with Crippen LogP contribution < -0.4 is 4.90 Å². The normalized spacial score (nSPS) is 15.1. The molecule has 1 aromatic heterocycles. The van der Waals surface area contributed by atoms with Crippen LogP contribution in [0, 0.1) is 17.2 Å². The van der Waals surface area contributed by atoms with Gasteiger partial charge in [-0.25, -0.2) is 4.98 Å². The van der Waals surface area contributed by atoms with Crippen molar-refractivity contribution in [3.63, 3.8) is 0 Å². The first-order valence-corrected chi connectivity index (χ1v) is 12.3. The van der Waals surface area contributed by atoms with E-state index in [0.717, 1.165) is 32.4 Å². The second-order valence-electron chi connectivity index (χ2n) is 9.59. The lowest BCUT2D eigenvalue weighted by Gasteiger charge is -2.33. The molecule has 0 aliphatic carbocycles. The summed E-state index contributed by atoms with van der Waals surface area (Å²) in [6.07, 6.45) is -1.49. The smallest absolute Gasteiger partial charge is 0.357 e. The number of aromatic nitrogens is 1. The summed E-state index contributed by atoms with van der Waals surface area (Å²) in [6, 6.07) is 12.7. The lowest BCUT2D eigenvalue weighted by Crippen LogP contribution is -2.39. The molecule has 0 spiro atoms. The van der Waals surface area contributed by atoms with Gasteiger partial charge in [-0.2, -0.15) is 18.4 Å². The van der Waals surface area contributed by atoms with E-state index in [1.54, 1.807) is 32.3 Å². The first kappa shape index (κ1) is 28.0. The fraction of sp³-hybridized carbons (Fsp3) is 0.481. The van der Waals surface area contributed by atoms with Gasteiger partial charge >= 0.3 is 6.18 Å². The van der Waals surface area contributed by atoms with Gasteiger partial charge in [0, 0.05) is 40.8 Å². The Morgan fingerprint density at radius 2 is 1.76 bits per heavy atom. The predicted molar refractivity (Wildman–Crippen MR) is 134 cm³/mol. The Balaban J connectivity index is 1.51. The minimum absolute atomic E-state index is 0.0495. The molecule has 1 fully saturated rings. The highest BCUT2D eigenvalue weighted by molar-refractivity contribution is 5.96. The van der Waals surface area contributed by atoms with E-state index in [0.29, 0.717) is 18.2 Å². The van der Waals surface area contributed by atoms with Crippen LogP contribution in [0.1, 0.15) is 53.2 Å². The molecule has 0 saturated carbocycles. The topological polar surface area (TPSA) is 80.5 Å². The molecule has 1 saturated heterocycles. The van der Waals surface area contributed by atoms with E-state index in [-0.39, 0.29) is 29.3 Å². The number of carbonyl (C=O) groups is 2. The van der Waals surface area contributed by atoms with Crippen molar-refractivity contribution in [1.29, 1.82) is 5.26 Å². The first-order chi connectivity index (χ1) is 17.5. The Labute approximate surface area is 215 Å². The van der Waals surface area contributed by atoms with Crippen molar-refractivity contribution in [2.75, 3.05) is 45.7 Å². The van der Waals surface area contributed by atoms with Crippen LogP contribution in [0.2, 0.25) is 0 Å². The molecule has 2 aromatic rings. The molecule has 0 radical (unpaired) electrons. The van der Waals surface area contributed by atoms with Gasteiger partial charge in [-0.3, -0.25) is 9.59 Å². The maximum Gasteiger partial charge on any atom is 0.404 e. The van der Waals surface area contributed by atoms with Gasteiger partial charge in [0.15, 0.2) is 11.6 Å². The van der Waals surface area contributed by atoms with Crippen molar-refractivity contribution in [1.82, 2.24) is 14.8 Å². The number of likely N-dealkylation sites (N-methyl/N-ethyl adjacent to an activating group) is 1. The molecule has 7 nitrogen and oxygen atoms in total. The average molecular weight is 516 g/mol. The van der Waals surface area contributed by atoms with E-state index < -0.39 is 18.0 Å². The molecule has 1 aliphatic heterocycles. The molecule has 3 rings (SSSR count). The number of alkyl halides is 3. The standard InChI is InChI=1S/C27H32F3N5O2/c1-33(2)25(36)21-11-12-23(32-22(21)18-31)35-16-13-19(14-17-35)8-7-15-34(3)26(37)24(27(28,29)30)20-9-5-4-6-10-20/h4-6,9-12,19,24H,7-8,13-17H2,1-3H3. The highest BCUT2D eigenvalue weighted by atomic mass is 19.4. The predicted octanol–water partition coefficient (Wildman–Crippen LogP) is 4.46. The number of benzene rings is 1. The Morgan fingerprint density at radius 3 is 2.32 bits per heavy atom. The maximum absolute atomic E-state index is 13.7. The van der Waals surface area contributed by atoms with Gasteiger partial charge in [-0.1, -0.05) is 30.3 Å². The van der Waals surface area contributed by atoms with E-state index in [1.165, 1.54) is 41.1 Å². The SMILES string of the molecule is CN(C)C(=O)c1ccc(N2CCC(CCCN(C)C(=O)C(c3ccccc3)C(F)(F)F)CC2)nc1C#N. The Morgan fingerprint density at radius 1 is 1.11 bits per heavy atom. The van der Waals surface area contributed by atoms with Gasteiger partial charge < -0.3 is 14.7 Å². The van der Waals surface area contributed by atoms with Crippen molar-refractivity contribution in [2.24, 2.45) is 5.92 Å². The van der Waals surface area contributed by atoms with Crippen LogP contribution in [-0.4, -0.2) is 73.6 Å². The minimum atomic E-state index is -4.66. The average Bonchev–Trinajstić information content (AvgIpc) is 2.88. The summed E-state index contributed by atoms with van der Waals surface area (Å²) in [4.78, 5) is 34.0. The zero-order valence-electron chi connectivity index (χ0n) is 21.3. The van der Waals surface area contributed by atoms with Crippen LogP contribution in [0.4, 0.5) is 19.0 Å². The van der Waals surface area contributed by atoms with Crippen LogP contribution >= 0.6 is 0 Å². The summed E-state index contributed by atoms with van der Waals surface area (Å²) < 4.78 is 41.0. The first-order valence-electron chi connectivity index (χ1n) is 12.3. The molecule has 37 heavy (non-hydrogen) atoms. The third kappa shape index (κ3) is 7.00. The molecular formula is C27H32F3N5O2. The molecule has 1 aromatic carbocycles. The quantitative estimate of drug-likeness (QED) is 0.519. The van der Waals surface area contributed by atoms with Crippen molar-refractivity contribution in [3.05, 3.63) is 59.3 Å². The summed E-state index contributed by atoms with van der Waals surface area (Å²) in [5.41, 5.74) is 0.315. The van der Waals surface area contributed by atoms with E-state index >= 15 is 0 Å². The Bertz CT molecular complexity index is 1120. The fourth-order valence-electron chi connectivity index (χ4n) is 4.64. The van der Waals surface area contributed by atoms with Gasteiger partial charge in [0.1, 0.15) is 11.9 Å². The number of pyridine rings is 1. The number of hydrogen-bond acceptors (Lipinski definition) is 5. The molecular weight excluding hydrogens is 483 g/mol. The number of amides is 2. The molecule has 198 valence electrons. The number of piperidine rings is 1. The number of halogens is 3. The Hall–Kier alpha value is -3.61. The number of anilines is 1. The monoisotopic (exact) mass is 515 g/mol. The largest absolute Gasteiger partial charge is 0.404 e. The van der Waals surface area contributed by atoms with Crippen LogP contribution in [0.5, 0.6) is 0 Å². The van der Waals surface area contributed by atoms with E-state index in [2.05, 4.69) is 9.88 Å². The van der Waals surface area contributed by atoms with Gasteiger partial charge in [0.05, 0.1) is 5.56 Å². The van der Waals surface area contributed by atoms with Gasteiger partial charge in [-0.15, -0.1) is 0 Å². The van der Waals surface area contributed by atoms with Crippen molar-refractivity contribution >= 4 is 17.6 Å². The second-order valence-corrected chi connectivity index (χ2v) is 9.59. The molecule has 10 heteroatoms. The molecule has 2 heterocycles. The van der Waals surface area contributed by atoms with E-state index in [1.807, 2.05) is 6.07 Å². The zero-order valence-corrected chi connectivity index (χ0v) is 21.3. The molecule has 1 atom stereocenters. The van der Waals surface area contributed by atoms with Crippen molar-refractivity contribution in [3.8, 4) is 6.07 Å². The van der Waals surface area contributed by atoms with Crippen LogP contribution in [0.3, 0.4) is 0 Å². The van der Waals surface area contributed by atoms with Gasteiger partial charge in [0.2, 0.25) is 5.91 Å². The van der Waals surface area contributed by atoms with Crippen LogP contribution in [0.15, 0.2) is 42.5 Å². The third-order valence-corrected chi connectivity index (χ3v) is 6.75. The summed E-state index contributed by atoms with van der Waals surface area (Å²) >= 11 is 0. The molecule has 0 N–H and O–H groups in total. The summed E-state index contributed by atoms with van der Waals surface area (Å²) in [5.74, 6) is -2.34. The second kappa shape index (κ2) is 12.1. The van der Waals surface area contributed by atoms with E-state index in [4.69, 9.17) is 0 Å². The van der Waals surface area contributed by atoms with Crippen LogP contribution in [0.25, 0.3) is 0 Å². The molecule has 1 aliphatic rings. The zero-order chi connectivity index (χ0) is 27.2. The number of carbonyl (C=O) groups excluding carboxylic acids is 2. The summed E-state index contributed by atoms with van der Waals surface area (Å²) in [6.45, 7) is 1.71. The number of hydrogen-bond donors (Lipinski definition) is 0. The highest BCUT2D eigenvalue weighted by Gasteiger charge is 2.46. The van der Waals surface area contributed by atoms with Gasteiger partial charge in [-0.05, 0) is 49.3 Å². The Kier molecular flexibility index (Phi) is 9.14. The fourth-order valence-corrected chi connectivity index (χ4v) is 4.64. The van der Waals surface area contributed by atoms with Crippen molar-refractivity contribution in [2.45, 2.75) is 37.8 Å². The van der Waals surface area contributed by atoms with Gasteiger partial charge in [0.25, 0.3) is 5.91 Å². The summed E-state index contributed by atoms with van der Waals surface area (Å²) in [7, 11) is 4.66. The van der Waals surface area contributed by atoms with Crippen molar-refractivity contribution < 1.29 is 22.8 Å². The summed E-state index contributed by atoms with van der Waals surface area (Å²) in [5, 5.41) is 9.45. The lowest BCUT2D eigenvalue weighted by molar-refractivity contribution is -0.171. The molecule has 1 unspecified atom stereocenters. The highest BCUT2D eigenvalue weighted by Crippen LogP contribution is 2.36.